The van der Waals surface area contributed by atoms with Crippen LogP contribution in [0.25, 0.3) is 11.1 Å². The molecule has 28 heavy (non-hydrogen) atoms. The lowest BCUT2D eigenvalue weighted by Gasteiger charge is -2.25. The first kappa shape index (κ1) is 17.0. The van der Waals surface area contributed by atoms with Gasteiger partial charge in [0.15, 0.2) is 0 Å². The van der Waals surface area contributed by atoms with Crippen molar-refractivity contribution in [2.75, 3.05) is 6.61 Å². The van der Waals surface area contributed by atoms with E-state index in [4.69, 9.17) is 4.74 Å². The molecule has 5 heteroatoms. The van der Waals surface area contributed by atoms with Crippen molar-refractivity contribution >= 4 is 12.1 Å². The van der Waals surface area contributed by atoms with Crippen LogP contribution in [0.15, 0.2) is 60.7 Å². The van der Waals surface area contributed by atoms with Gasteiger partial charge in [-0.05, 0) is 40.5 Å². The van der Waals surface area contributed by atoms with Gasteiger partial charge >= 0.3 is 12.1 Å². The molecule has 4 atom stereocenters. The molecule has 0 radical (unpaired) electrons. The highest BCUT2D eigenvalue weighted by Gasteiger charge is 2.49. The minimum absolute atomic E-state index is 0.00128. The van der Waals surface area contributed by atoms with Crippen LogP contribution in [-0.4, -0.2) is 29.8 Å². The Hall–Kier alpha value is -3.08. The molecule has 1 fully saturated rings. The number of carboxylic acids is 1. The van der Waals surface area contributed by atoms with Gasteiger partial charge in [0.1, 0.15) is 6.61 Å². The molecule has 4 unspecified atom stereocenters. The van der Waals surface area contributed by atoms with Gasteiger partial charge < -0.3 is 15.2 Å². The van der Waals surface area contributed by atoms with E-state index in [1.807, 2.05) is 36.4 Å². The van der Waals surface area contributed by atoms with Crippen molar-refractivity contribution in [1.29, 1.82) is 0 Å². The number of hydrogen-bond acceptors (Lipinski definition) is 3. The maximum atomic E-state index is 12.5. The number of ether oxygens (including phenoxy) is 1. The zero-order chi connectivity index (χ0) is 19.3. The van der Waals surface area contributed by atoms with Crippen molar-refractivity contribution in [1.82, 2.24) is 5.32 Å². The number of rotatable bonds is 4. The molecule has 142 valence electrons. The van der Waals surface area contributed by atoms with Crippen LogP contribution < -0.4 is 5.32 Å². The molecular weight excluding hydrogens is 354 g/mol. The summed E-state index contributed by atoms with van der Waals surface area (Å²) in [6.45, 7) is 0.230. The minimum Gasteiger partial charge on any atom is -0.481 e. The lowest BCUT2D eigenvalue weighted by atomic mass is 9.89. The predicted molar refractivity (Wildman–Crippen MR) is 104 cm³/mol. The molecule has 2 N–H and O–H groups in total. The summed E-state index contributed by atoms with van der Waals surface area (Å²) in [4.78, 5) is 24.1. The van der Waals surface area contributed by atoms with Crippen molar-refractivity contribution in [3.63, 3.8) is 0 Å². The SMILES string of the molecule is O=C(NC1C2C=CC(C2)C1C(=O)O)OCC1c2ccccc2-c2ccccc21. The zero-order valence-corrected chi connectivity index (χ0v) is 15.2. The Morgan fingerprint density at radius 3 is 2.21 bits per heavy atom. The molecule has 3 aliphatic rings. The molecule has 0 aromatic heterocycles. The van der Waals surface area contributed by atoms with E-state index in [2.05, 4.69) is 29.6 Å². The van der Waals surface area contributed by atoms with E-state index in [9.17, 15) is 14.7 Å². The number of hydrogen-bond donors (Lipinski definition) is 2. The third-order valence-corrected chi connectivity index (χ3v) is 6.37. The first-order valence-electron chi connectivity index (χ1n) is 9.66. The summed E-state index contributed by atoms with van der Waals surface area (Å²) in [6.07, 6.45) is 4.21. The summed E-state index contributed by atoms with van der Waals surface area (Å²) < 4.78 is 5.57. The number of amides is 1. The number of allylic oxidation sites excluding steroid dienone is 1. The van der Waals surface area contributed by atoms with Crippen molar-refractivity contribution < 1.29 is 19.4 Å². The Balaban J connectivity index is 1.30. The fourth-order valence-corrected chi connectivity index (χ4v) is 5.13. The van der Waals surface area contributed by atoms with Crippen LogP contribution in [0.1, 0.15) is 23.5 Å². The van der Waals surface area contributed by atoms with Crippen molar-refractivity contribution in [3.05, 3.63) is 71.8 Å². The highest BCUT2D eigenvalue weighted by molar-refractivity contribution is 5.79. The molecule has 0 spiro atoms. The van der Waals surface area contributed by atoms with E-state index in [0.717, 1.165) is 17.5 Å². The number of aliphatic carboxylic acids is 1. The van der Waals surface area contributed by atoms with E-state index < -0.39 is 24.0 Å². The van der Waals surface area contributed by atoms with Crippen molar-refractivity contribution in [2.45, 2.75) is 18.4 Å². The zero-order valence-electron chi connectivity index (χ0n) is 15.2. The van der Waals surface area contributed by atoms with Crippen LogP contribution in [0.4, 0.5) is 4.79 Å². The standard InChI is InChI=1S/C23H21NO4/c25-22(26)20-13-9-10-14(11-13)21(20)24-23(27)28-12-19-17-7-3-1-5-15(17)16-6-2-4-8-18(16)19/h1-10,13-14,19-21H,11-12H2,(H,24,27)(H,25,26). The average molecular weight is 375 g/mol. The normalized spacial score (nSPS) is 26.7. The van der Waals surface area contributed by atoms with Crippen molar-refractivity contribution in [3.8, 4) is 11.1 Å². The molecule has 0 heterocycles. The van der Waals surface area contributed by atoms with Gasteiger partial charge in [-0.25, -0.2) is 4.79 Å². The molecule has 1 amide bonds. The maximum absolute atomic E-state index is 12.5. The second-order valence-electron chi connectivity index (χ2n) is 7.81. The summed E-state index contributed by atoms with van der Waals surface area (Å²) in [5.41, 5.74) is 4.66. The Labute approximate surface area is 163 Å². The summed E-state index contributed by atoms with van der Waals surface area (Å²) in [6, 6.07) is 15.9. The Morgan fingerprint density at radius 1 is 0.964 bits per heavy atom. The van der Waals surface area contributed by atoms with Crippen LogP contribution in [0.3, 0.4) is 0 Å². The highest BCUT2D eigenvalue weighted by Crippen LogP contribution is 2.45. The molecule has 0 aliphatic heterocycles. The number of carboxylic acid groups (broad SMARTS) is 1. The topological polar surface area (TPSA) is 75.6 Å². The fraction of sp³-hybridized carbons (Fsp3) is 0.304. The van der Waals surface area contributed by atoms with E-state index in [0.29, 0.717) is 0 Å². The van der Waals surface area contributed by atoms with Crippen LogP contribution >= 0.6 is 0 Å². The van der Waals surface area contributed by atoms with Crippen molar-refractivity contribution in [2.24, 2.45) is 17.8 Å². The number of carbonyl (C=O) groups is 2. The first-order valence-corrected chi connectivity index (χ1v) is 9.66. The second-order valence-corrected chi connectivity index (χ2v) is 7.81. The molecular formula is C23H21NO4. The lowest BCUT2D eigenvalue weighted by molar-refractivity contribution is -0.143. The summed E-state index contributed by atoms with van der Waals surface area (Å²) in [7, 11) is 0. The molecule has 3 aliphatic carbocycles. The van der Waals surface area contributed by atoms with Gasteiger partial charge in [0.05, 0.1) is 12.0 Å². The quantitative estimate of drug-likeness (QED) is 0.797. The predicted octanol–water partition coefficient (Wildman–Crippen LogP) is 3.80. The molecule has 2 aromatic rings. The molecule has 5 nitrogen and oxygen atoms in total. The van der Waals surface area contributed by atoms with Crippen LogP contribution in [0.5, 0.6) is 0 Å². The summed E-state index contributed by atoms with van der Waals surface area (Å²) in [5, 5.41) is 12.3. The van der Waals surface area contributed by atoms with E-state index in [-0.39, 0.29) is 24.4 Å². The third kappa shape index (κ3) is 2.61. The first-order chi connectivity index (χ1) is 13.6. The molecule has 0 saturated heterocycles. The van der Waals surface area contributed by atoms with Gasteiger partial charge in [-0.3, -0.25) is 4.79 Å². The van der Waals surface area contributed by atoms with Crippen LogP contribution in [-0.2, 0) is 9.53 Å². The largest absolute Gasteiger partial charge is 0.481 e. The Bertz CT molecular complexity index is 937. The monoisotopic (exact) mass is 375 g/mol. The lowest BCUT2D eigenvalue weighted by Crippen LogP contribution is -2.46. The molecule has 2 bridgehead atoms. The fourth-order valence-electron chi connectivity index (χ4n) is 5.13. The highest BCUT2D eigenvalue weighted by atomic mass is 16.5. The van der Waals surface area contributed by atoms with E-state index >= 15 is 0 Å². The smallest absolute Gasteiger partial charge is 0.407 e. The number of carbonyl (C=O) groups excluding carboxylic acids is 1. The van der Waals surface area contributed by atoms with Crippen LogP contribution in [0, 0.1) is 17.8 Å². The van der Waals surface area contributed by atoms with Gasteiger partial charge in [-0.2, -0.15) is 0 Å². The Morgan fingerprint density at radius 2 is 1.57 bits per heavy atom. The number of benzene rings is 2. The third-order valence-electron chi connectivity index (χ3n) is 6.37. The average Bonchev–Trinajstić information content (AvgIpc) is 3.38. The van der Waals surface area contributed by atoms with E-state index in [1.54, 1.807) is 0 Å². The summed E-state index contributed by atoms with van der Waals surface area (Å²) in [5.74, 6) is -1.36. The van der Waals surface area contributed by atoms with Gasteiger partial charge in [0.2, 0.25) is 0 Å². The molecule has 1 saturated carbocycles. The maximum Gasteiger partial charge on any atom is 0.407 e. The van der Waals surface area contributed by atoms with Gasteiger partial charge in [-0.15, -0.1) is 0 Å². The molecule has 2 aromatic carbocycles. The molecule has 5 rings (SSSR count). The number of nitrogens with one attached hydrogen (secondary N) is 1. The van der Waals surface area contributed by atoms with Gasteiger partial charge in [0, 0.05) is 5.92 Å². The summed E-state index contributed by atoms with van der Waals surface area (Å²) >= 11 is 0. The number of fused-ring (bicyclic) bond motifs is 5. The minimum atomic E-state index is -0.860. The van der Waals surface area contributed by atoms with Gasteiger partial charge in [-0.1, -0.05) is 60.7 Å². The second kappa shape index (κ2) is 6.51. The van der Waals surface area contributed by atoms with Gasteiger partial charge in [0.25, 0.3) is 0 Å². The van der Waals surface area contributed by atoms with E-state index in [1.165, 1.54) is 11.1 Å². The van der Waals surface area contributed by atoms with Crippen LogP contribution in [0.2, 0.25) is 0 Å². The Kier molecular flexibility index (Phi) is 3.97. The number of alkyl carbamates (subject to hydrolysis) is 1.